The van der Waals surface area contributed by atoms with Crippen LogP contribution in [-0.2, 0) is 19.1 Å². The van der Waals surface area contributed by atoms with Gasteiger partial charge in [0.15, 0.2) is 0 Å². The standard InChI is InChI=1S/C13H20N2O7/c1-13(2,3)22-12(21)14-8(11(19)20)6-15-5-7(10(17)18)4-9(15)16/h7-8H,4-6H2,1-3H3,(H,14,21)(H,17,18)(H,19,20)/t7?,8-/m0/s1. The zero-order valence-electron chi connectivity index (χ0n) is 12.7. The normalized spacial score (nSPS) is 19.7. The first-order chi connectivity index (χ1) is 9.99. The van der Waals surface area contributed by atoms with Gasteiger partial charge in [0.25, 0.3) is 0 Å². The van der Waals surface area contributed by atoms with Crippen LogP contribution in [0.25, 0.3) is 0 Å². The monoisotopic (exact) mass is 316 g/mol. The van der Waals surface area contributed by atoms with Crippen LogP contribution in [0, 0.1) is 5.92 Å². The Morgan fingerprint density at radius 3 is 2.36 bits per heavy atom. The van der Waals surface area contributed by atoms with Gasteiger partial charge in [0, 0.05) is 13.0 Å². The molecule has 1 fully saturated rings. The molecule has 124 valence electrons. The lowest BCUT2D eigenvalue weighted by Gasteiger charge is -2.24. The molecule has 0 aromatic rings. The molecule has 0 aromatic heterocycles. The van der Waals surface area contributed by atoms with Gasteiger partial charge in [0.2, 0.25) is 5.91 Å². The molecular weight excluding hydrogens is 296 g/mol. The van der Waals surface area contributed by atoms with Gasteiger partial charge in [-0.2, -0.15) is 0 Å². The quantitative estimate of drug-likeness (QED) is 0.644. The van der Waals surface area contributed by atoms with Gasteiger partial charge >= 0.3 is 18.0 Å². The first-order valence-corrected chi connectivity index (χ1v) is 6.72. The number of ether oxygens (including phenoxy) is 1. The van der Waals surface area contributed by atoms with Crippen molar-refractivity contribution in [3.8, 4) is 0 Å². The van der Waals surface area contributed by atoms with Crippen molar-refractivity contribution in [2.24, 2.45) is 5.92 Å². The number of hydrogen-bond donors (Lipinski definition) is 3. The van der Waals surface area contributed by atoms with Crippen molar-refractivity contribution >= 4 is 23.9 Å². The lowest BCUT2D eigenvalue weighted by Crippen LogP contribution is -2.50. The maximum atomic E-state index is 11.7. The van der Waals surface area contributed by atoms with Crippen LogP contribution >= 0.6 is 0 Å². The van der Waals surface area contributed by atoms with Crippen molar-refractivity contribution < 1.29 is 34.1 Å². The van der Waals surface area contributed by atoms with Crippen LogP contribution in [0.2, 0.25) is 0 Å². The number of hydrogen-bond acceptors (Lipinski definition) is 5. The van der Waals surface area contributed by atoms with E-state index in [0.717, 1.165) is 4.90 Å². The summed E-state index contributed by atoms with van der Waals surface area (Å²) in [6.45, 7) is 4.50. The van der Waals surface area contributed by atoms with E-state index in [2.05, 4.69) is 5.32 Å². The van der Waals surface area contributed by atoms with Crippen molar-refractivity contribution in [3.63, 3.8) is 0 Å². The van der Waals surface area contributed by atoms with E-state index in [4.69, 9.17) is 14.9 Å². The van der Waals surface area contributed by atoms with Gasteiger partial charge < -0.3 is 25.2 Å². The summed E-state index contributed by atoms with van der Waals surface area (Å²) in [5, 5.41) is 20.2. The fraction of sp³-hybridized carbons (Fsp3) is 0.692. The Morgan fingerprint density at radius 1 is 1.36 bits per heavy atom. The van der Waals surface area contributed by atoms with E-state index >= 15 is 0 Å². The van der Waals surface area contributed by atoms with E-state index in [1.54, 1.807) is 20.8 Å². The Morgan fingerprint density at radius 2 is 1.95 bits per heavy atom. The SMILES string of the molecule is CC(C)(C)OC(=O)N[C@@H](CN1CC(C(=O)O)CC1=O)C(=O)O. The van der Waals surface area contributed by atoms with Gasteiger partial charge in [-0.05, 0) is 20.8 Å². The molecule has 1 unspecified atom stereocenters. The molecule has 9 heteroatoms. The minimum Gasteiger partial charge on any atom is -0.481 e. The smallest absolute Gasteiger partial charge is 0.408 e. The Bertz CT molecular complexity index is 483. The minimum atomic E-state index is -1.37. The molecule has 0 aliphatic carbocycles. The molecule has 1 aliphatic heterocycles. The maximum absolute atomic E-state index is 11.7. The van der Waals surface area contributed by atoms with Crippen molar-refractivity contribution in [1.82, 2.24) is 10.2 Å². The van der Waals surface area contributed by atoms with E-state index in [1.807, 2.05) is 0 Å². The zero-order chi connectivity index (χ0) is 17.1. The number of likely N-dealkylation sites (tertiary alicyclic amines) is 1. The molecule has 0 aromatic carbocycles. The fourth-order valence-electron chi connectivity index (χ4n) is 1.97. The molecule has 1 saturated heterocycles. The fourth-order valence-corrected chi connectivity index (χ4v) is 1.97. The molecule has 2 amide bonds. The second-order valence-electron chi connectivity index (χ2n) is 6.08. The number of carbonyl (C=O) groups is 4. The summed E-state index contributed by atoms with van der Waals surface area (Å²) in [4.78, 5) is 46.5. The molecule has 1 aliphatic rings. The maximum Gasteiger partial charge on any atom is 0.408 e. The summed E-state index contributed by atoms with van der Waals surface area (Å²) in [6.07, 6.45) is -1.09. The molecule has 3 N–H and O–H groups in total. The van der Waals surface area contributed by atoms with Crippen LogP contribution in [0.1, 0.15) is 27.2 Å². The Hall–Kier alpha value is -2.32. The van der Waals surface area contributed by atoms with Crippen LogP contribution in [-0.4, -0.2) is 63.8 Å². The van der Waals surface area contributed by atoms with Gasteiger partial charge in [-0.25, -0.2) is 9.59 Å². The van der Waals surface area contributed by atoms with E-state index in [0.29, 0.717) is 0 Å². The van der Waals surface area contributed by atoms with Crippen LogP contribution in [0.15, 0.2) is 0 Å². The Balaban J connectivity index is 2.66. The van der Waals surface area contributed by atoms with Crippen molar-refractivity contribution in [2.75, 3.05) is 13.1 Å². The van der Waals surface area contributed by atoms with Crippen molar-refractivity contribution in [2.45, 2.75) is 38.8 Å². The van der Waals surface area contributed by atoms with Crippen LogP contribution < -0.4 is 5.32 Å². The summed E-state index contributed by atoms with van der Waals surface area (Å²) >= 11 is 0. The Labute approximate surface area is 127 Å². The third kappa shape index (κ3) is 5.23. The van der Waals surface area contributed by atoms with Gasteiger partial charge in [-0.3, -0.25) is 9.59 Å². The molecule has 1 heterocycles. The lowest BCUT2D eigenvalue weighted by molar-refractivity contribution is -0.142. The highest BCUT2D eigenvalue weighted by Gasteiger charge is 2.37. The second-order valence-corrected chi connectivity index (χ2v) is 6.08. The van der Waals surface area contributed by atoms with E-state index in [-0.39, 0.29) is 19.5 Å². The van der Waals surface area contributed by atoms with Crippen molar-refractivity contribution in [1.29, 1.82) is 0 Å². The van der Waals surface area contributed by atoms with E-state index < -0.39 is 41.5 Å². The highest BCUT2D eigenvalue weighted by Crippen LogP contribution is 2.18. The Kier molecular flexibility index (Phi) is 5.34. The van der Waals surface area contributed by atoms with Gasteiger partial charge in [-0.1, -0.05) is 0 Å². The number of carboxylic acid groups (broad SMARTS) is 2. The molecule has 22 heavy (non-hydrogen) atoms. The third-order valence-corrected chi connectivity index (χ3v) is 2.96. The van der Waals surface area contributed by atoms with Crippen LogP contribution in [0.5, 0.6) is 0 Å². The molecule has 0 spiro atoms. The third-order valence-electron chi connectivity index (χ3n) is 2.96. The first-order valence-electron chi connectivity index (χ1n) is 6.72. The van der Waals surface area contributed by atoms with Crippen LogP contribution in [0.3, 0.4) is 0 Å². The minimum absolute atomic E-state index is 0.0755. The average Bonchev–Trinajstić information content (AvgIpc) is 2.67. The van der Waals surface area contributed by atoms with E-state index in [9.17, 15) is 19.2 Å². The van der Waals surface area contributed by atoms with Gasteiger partial charge in [0.1, 0.15) is 11.6 Å². The molecule has 0 radical (unpaired) electrons. The van der Waals surface area contributed by atoms with Crippen molar-refractivity contribution in [3.05, 3.63) is 0 Å². The number of alkyl carbamates (subject to hydrolysis) is 1. The molecule has 0 saturated carbocycles. The highest BCUT2D eigenvalue weighted by molar-refractivity contribution is 5.87. The number of nitrogens with one attached hydrogen (secondary N) is 1. The predicted molar refractivity (Wildman–Crippen MR) is 73.1 cm³/mol. The largest absolute Gasteiger partial charge is 0.481 e. The molecule has 2 atom stereocenters. The molecule has 9 nitrogen and oxygen atoms in total. The van der Waals surface area contributed by atoms with Gasteiger partial charge in [0.05, 0.1) is 12.5 Å². The molecule has 1 rings (SSSR count). The molecule has 0 bridgehead atoms. The summed E-state index contributed by atoms with van der Waals surface area (Å²) in [5.74, 6) is -3.76. The van der Waals surface area contributed by atoms with Gasteiger partial charge in [-0.15, -0.1) is 0 Å². The first kappa shape index (κ1) is 17.7. The summed E-state index contributed by atoms with van der Waals surface area (Å²) in [6, 6.07) is -1.37. The number of aliphatic carboxylic acids is 2. The number of nitrogens with zero attached hydrogens (tertiary/aromatic N) is 1. The number of rotatable bonds is 5. The summed E-state index contributed by atoms with van der Waals surface area (Å²) < 4.78 is 4.96. The highest BCUT2D eigenvalue weighted by atomic mass is 16.6. The molecular formula is C13H20N2O7. The van der Waals surface area contributed by atoms with Crippen LogP contribution in [0.4, 0.5) is 4.79 Å². The number of amides is 2. The van der Waals surface area contributed by atoms with E-state index in [1.165, 1.54) is 0 Å². The predicted octanol–water partition coefficient (Wildman–Crippen LogP) is -0.103. The number of carboxylic acids is 2. The zero-order valence-corrected chi connectivity index (χ0v) is 12.7. The topological polar surface area (TPSA) is 133 Å². The summed E-state index contributed by atoms with van der Waals surface area (Å²) in [7, 11) is 0. The second kappa shape index (κ2) is 6.63. The average molecular weight is 316 g/mol. The summed E-state index contributed by atoms with van der Waals surface area (Å²) in [5.41, 5.74) is -0.787. The lowest BCUT2D eigenvalue weighted by atomic mass is 10.1. The number of carbonyl (C=O) groups excluding carboxylic acids is 2.